The number of hydrogen-bond acceptors (Lipinski definition) is 1. The third kappa shape index (κ3) is 3.71. The number of benzene rings is 1. The molecule has 0 aliphatic rings. The summed E-state index contributed by atoms with van der Waals surface area (Å²) < 4.78 is 80.4. The van der Waals surface area contributed by atoms with Crippen LogP contribution < -0.4 is 4.74 Å². The Morgan fingerprint density at radius 2 is 1.55 bits per heavy atom. The molecule has 0 saturated heterocycles. The topological polar surface area (TPSA) is 9.23 Å². The van der Waals surface area contributed by atoms with Crippen LogP contribution in [0.1, 0.15) is 16.5 Å². The molecule has 1 unspecified atom stereocenters. The maximum atomic E-state index is 12.6. The Morgan fingerprint density at radius 1 is 1.05 bits per heavy atom. The fourth-order valence-electron chi connectivity index (χ4n) is 1.78. The number of rotatable bonds is 3. The van der Waals surface area contributed by atoms with Gasteiger partial charge in [0.2, 0.25) is 0 Å². The molecule has 0 saturated carbocycles. The third-order valence-corrected chi connectivity index (χ3v) is 3.26. The van der Waals surface area contributed by atoms with Crippen LogP contribution in [-0.2, 0) is 0 Å². The van der Waals surface area contributed by atoms with Gasteiger partial charge < -0.3 is 4.74 Å². The summed E-state index contributed by atoms with van der Waals surface area (Å²) >= 11 is 5.46. The molecule has 1 aromatic rings. The van der Waals surface area contributed by atoms with Gasteiger partial charge in [-0.2, -0.15) is 26.3 Å². The second kappa shape index (κ2) is 5.71. The molecule has 0 aromatic heterocycles. The number of ether oxygens (including phenoxy) is 1. The zero-order chi connectivity index (χ0) is 15.7. The van der Waals surface area contributed by atoms with E-state index in [4.69, 9.17) is 16.3 Å². The van der Waals surface area contributed by atoms with Crippen molar-refractivity contribution in [2.45, 2.75) is 24.7 Å². The lowest BCUT2D eigenvalue weighted by molar-refractivity contribution is -0.284. The summed E-state index contributed by atoms with van der Waals surface area (Å²) in [5, 5.41) is -2.25. The minimum atomic E-state index is -5.48. The molecule has 1 atom stereocenters. The lowest BCUT2D eigenvalue weighted by atomic mass is 9.94. The first-order chi connectivity index (χ1) is 8.98. The minimum absolute atomic E-state index is 0.197. The first kappa shape index (κ1) is 16.9. The van der Waals surface area contributed by atoms with E-state index in [2.05, 4.69) is 0 Å². The molecular weight excluding hydrogens is 310 g/mol. The summed E-state index contributed by atoms with van der Waals surface area (Å²) in [6.07, 6.45) is -11.0. The van der Waals surface area contributed by atoms with E-state index in [0.29, 0.717) is 5.75 Å². The Kier molecular flexibility index (Phi) is 4.84. The zero-order valence-corrected chi connectivity index (χ0v) is 11.2. The van der Waals surface area contributed by atoms with E-state index < -0.39 is 23.6 Å². The summed E-state index contributed by atoms with van der Waals surface area (Å²) in [5.41, 5.74) is -0.0324. The highest BCUT2D eigenvalue weighted by Gasteiger charge is 2.60. The van der Waals surface area contributed by atoms with Gasteiger partial charge in [0.1, 0.15) is 5.75 Å². The van der Waals surface area contributed by atoms with Crippen LogP contribution in [0, 0.1) is 12.8 Å². The highest BCUT2D eigenvalue weighted by molar-refractivity contribution is 6.21. The predicted octanol–water partition coefficient (Wildman–Crippen LogP) is 5.02. The standard InChI is InChI=1S/C12H11ClF6O/c1-6-5-7(20-2)3-4-8(6)9(13)10(11(14,15)16)12(17,18)19/h3-5,9-10H,1-2H3. The van der Waals surface area contributed by atoms with Crippen molar-refractivity contribution in [1.29, 1.82) is 0 Å². The number of hydrogen-bond donors (Lipinski definition) is 0. The Bertz CT molecular complexity index is 454. The first-order valence-electron chi connectivity index (χ1n) is 5.40. The molecule has 0 N–H and O–H groups in total. The minimum Gasteiger partial charge on any atom is -0.497 e. The fraction of sp³-hybridized carbons (Fsp3) is 0.500. The molecule has 20 heavy (non-hydrogen) atoms. The smallest absolute Gasteiger partial charge is 0.402 e. The molecule has 1 nitrogen and oxygen atoms in total. The number of methoxy groups -OCH3 is 1. The van der Waals surface area contributed by atoms with E-state index in [0.717, 1.165) is 6.07 Å². The average Bonchev–Trinajstić information content (AvgIpc) is 2.24. The summed E-state index contributed by atoms with van der Waals surface area (Å²) in [4.78, 5) is 0. The van der Waals surface area contributed by atoms with Crippen molar-refractivity contribution in [2.24, 2.45) is 5.92 Å². The molecule has 0 bridgehead atoms. The highest BCUT2D eigenvalue weighted by Crippen LogP contribution is 2.49. The van der Waals surface area contributed by atoms with Crippen molar-refractivity contribution in [2.75, 3.05) is 7.11 Å². The van der Waals surface area contributed by atoms with Crippen LogP contribution >= 0.6 is 11.6 Å². The van der Waals surface area contributed by atoms with E-state index >= 15 is 0 Å². The molecule has 0 aliphatic heterocycles. The monoisotopic (exact) mass is 320 g/mol. The van der Waals surface area contributed by atoms with Gasteiger partial charge in [-0.15, -0.1) is 11.6 Å². The van der Waals surface area contributed by atoms with Crippen LogP contribution in [0.2, 0.25) is 0 Å². The van der Waals surface area contributed by atoms with Crippen molar-refractivity contribution in [3.05, 3.63) is 29.3 Å². The van der Waals surface area contributed by atoms with Crippen LogP contribution in [-0.4, -0.2) is 19.5 Å². The van der Waals surface area contributed by atoms with Crippen molar-refractivity contribution in [3.8, 4) is 5.75 Å². The number of halogens is 7. The Labute approximate surface area is 116 Å². The van der Waals surface area contributed by atoms with Gasteiger partial charge in [-0.05, 0) is 30.2 Å². The molecule has 1 aromatic carbocycles. The second-order valence-corrected chi connectivity index (χ2v) is 4.66. The van der Waals surface area contributed by atoms with Gasteiger partial charge in [-0.3, -0.25) is 0 Å². The Balaban J connectivity index is 3.23. The van der Waals surface area contributed by atoms with Gasteiger partial charge in [0.05, 0.1) is 12.5 Å². The average molecular weight is 321 g/mol. The van der Waals surface area contributed by atoms with Gasteiger partial charge in [0.15, 0.2) is 5.92 Å². The predicted molar refractivity (Wildman–Crippen MR) is 61.9 cm³/mol. The first-order valence-corrected chi connectivity index (χ1v) is 5.84. The quantitative estimate of drug-likeness (QED) is 0.561. The van der Waals surface area contributed by atoms with Gasteiger partial charge in [0.25, 0.3) is 0 Å². The Morgan fingerprint density at radius 3 is 1.90 bits per heavy atom. The fourth-order valence-corrected chi connectivity index (χ4v) is 2.31. The van der Waals surface area contributed by atoms with Gasteiger partial charge in [0, 0.05) is 0 Å². The molecular formula is C12H11ClF6O. The number of alkyl halides is 7. The van der Waals surface area contributed by atoms with Crippen LogP contribution in [0.4, 0.5) is 26.3 Å². The molecule has 0 aliphatic carbocycles. The van der Waals surface area contributed by atoms with Crippen molar-refractivity contribution in [3.63, 3.8) is 0 Å². The van der Waals surface area contributed by atoms with E-state index in [-0.39, 0.29) is 11.1 Å². The number of aryl methyl sites for hydroxylation is 1. The summed E-state index contributed by atoms with van der Waals surface area (Å²) in [6.45, 7) is 1.37. The molecule has 0 heterocycles. The van der Waals surface area contributed by atoms with Gasteiger partial charge >= 0.3 is 12.4 Å². The van der Waals surface area contributed by atoms with Crippen LogP contribution in [0.3, 0.4) is 0 Å². The Hall–Kier alpha value is -1.11. The molecule has 0 fully saturated rings. The normalized spacial score (nSPS) is 14.5. The SMILES string of the molecule is COc1ccc(C(Cl)C(C(F)(F)F)C(F)(F)F)c(C)c1. The molecule has 0 radical (unpaired) electrons. The third-order valence-electron chi connectivity index (χ3n) is 2.77. The molecule has 114 valence electrons. The van der Waals surface area contributed by atoms with Crippen LogP contribution in [0.15, 0.2) is 18.2 Å². The van der Waals surface area contributed by atoms with Crippen molar-refractivity contribution in [1.82, 2.24) is 0 Å². The molecule has 0 amide bonds. The summed E-state index contributed by atoms with van der Waals surface area (Å²) in [6, 6.07) is 3.70. The van der Waals surface area contributed by atoms with Gasteiger partial charge in [-0.25, -0.2) is 0 Å². The van der Waals surface area contributed by atoms with E-state index in [1.165, 1.54) is 26.2 Å². The maximum absolute atomic E-state index is 12.6. The van der Waals surface area contributed by atoms with Crippen molar-refractivity contribution >= 4 is 11.6 Å². The zero-order valence-electron chi connectivity index (χ0n) is 10.4. The van der Waals surface area contributed by atoms with Crippen LogP contribution in [0.25, 0.3) is 0 Å². The highest BCUT2D eigenvalue weighted by atomic mass is 35.5. The lowest BCUT2D eigenvalue weighted by Crippen LogP contribution is -2.39. The van der Waals surface area contributed by atoms with Crippen LogP contribution in [0.5, 0.6) is 5.75 Å². The van der Waals surface area contributed by atoms with Gasteiger partial charge in [-0.1, -0.05) is 6.07 Å². The van der Waals surface area contributed by atoms with E-state index in [9.17, 15) is 26.3 Å². The van der Waals surface area contributed by atoms with E-state index in [1.54, 1.807) is 0 Å². The molecule has 1 rings (SSSR count). The maximum Gasteiger partial charge on any atom is 0.402 e. The summed E-state index contributed by atoms with van der Waals surface area (Å²) in [5.74, 6) is -3.30. The lowest BCUT2D eigenvalue weighted by Gasteiger charge is -2.28. The largest absolute Gasteiger partial charge is 0.497 e. The molecule has 8 heteroatoms. The molecule has 0 spiro atoms. The second-order valence-electron chi connectivity index (χ2n) is 4.19. The van der Waals surface area contributed by atoms with Crippen molar-refractivity contribution < 1.29 is 31.1 Å². The van der Waals surface area contributed by atoms with E-state index in [1.807, 2.05) is 0 Å². The summed E-state index contributed by atoms with van der Waals surface area (Å²) in [7, 11) is 1.33.